The molecule has 1 atom stereocenters. The molecule has 0 radical (unpaired) electrons. The second-order valence-electron chi connectivity index (χ2n) is 4.45. The lowest BCUT2D eigenvalue weighted by atomic mass is 10.0. The highest BCUT2D eigenvalue weighted by molar-refractivity contribution is 6.31. The van der Waals surface area contributed by atoms with Crippen molar-refractivity contribution in [2.75, 3.05) is 5.32 Å². The predicted octanol–water partition coefficient (Wildman–Crippen LogP) is 3.70. The van der Waals surface area contributed by atoms with Gasteiger partial charge in [0, 0.05) is 5.69 Å². The van der Waals surface area contributed by atoms with Crippen LogP contribution in [0.4, 0.5) is 18.9 Å². The van der Waals surface area contributed by atoms with Crippen molar-refractivity contribution in [2.24, 2.45) is 11.7 Å². The summed E-state index contributed by atoms with van der Waals surface area (Å²) in [6.07, 6.45) is -4.57. The number of nitrogens with two attached hydrogens (primary N) is 1. The van der Waals surface area contributed by atoms with Gasteiger partial charge in [0.15, 0.2) is 0 Å². The highest BCUT2D eigenvalue weighted by Crippen LogP contribution is 2.36. The lowest BCUT2D eigenvalue weighted by molar-refractivity contribution is -0.137. The van der Waals surface area contributed by atoms with Crippen LogP contribution in [-0.2, 0) is 11.0 Å². The van der Waals surface area contributed by atoms with Gasteiger partial charge in [-0.05, 0) is 24.1 Å². The Bertz CT molecular complexity index is 478. The van der Waals surface area contributed by atoms with Gasteiger partial charge in [0.05, 0.1) is 16.6 Å². The van der Waals surface area contributed by atoms with Crippen LogP contribution in [0.3, 0.4) is 0 Å². The van der Waals surface area contributed by atoms with E-state index in [1.54, 1.807) is 13.8 Å². The Morgan fingerprint density at radius 3 is 2.35 bits per heavy atom. The van der Waals surface area contributed by atoms with Crippen molar-refractivity contribution < 1.29 is 18.0 Å². The first-order chi connectivity index (χ1) is 8.62. The summed E-state index contributed by atoms with van der Waals surface area (Å²) >= 11 is 5.47. The second-order valence-corrected chi connectivity index (χ2v) is 4.86. The SMILES string of the molecule is CC(C)[C@@H](N)C(=O)Nc1ccc(Cl)c(C(F)(F)F)c1.Cl. The Hall–Kier alpha value is -0.980. The lowest BCUT2D eigenvalue weighted by Crippen LogP contribution is -2.39. The number of alkyl halides is 3. The number of hydrogen-bond donors (Lipinski definition) is 2. The molecule has 8 heteroatoms. The molecule has 0 aliphatic heterocycles. The van der Waals surface area contributed by atoms with E-state index in [9.17, 15) is 18.0 Å². The van der Waals surface area contributed by atoms with E-state index in [0.717, 1.165) is 12.1 Å². The molecule has 3 nitrogen and oxygen atoms in total. The monoisotopic (exact) mass is 330 g/mol. The van der Waals surface area contributed by atoms with Crippen LogP contribution in [-0.4, -0.2) is 11.9 Å². The zero-order chi connectivity index (χ0) is 14.8. The molecule has 3 N–H and O–H groups in total. The maximum atomic E-state index is 12.6. The molecule has 1 aromatic rings. The van der Waals surface area contributed by atoms with Gasteiger partial charge in [-0.1, -0.05) is 25.4 Å². The number of benzene rings is 1. The van der Waals surface area contributed by atoms with E-state index < -0.39 is 28.7 Å². The normalized spacial score (nSPS) is 12.8. The van der Waals surface area contributed by atoms with Crippen molar-refractivity contribution in [2.45, 2.75) is 26.1 Å². The van der Waals surface area contributed by atoms with Gasteiger partial charge in [-0.15, -0.1) is 12.4 Å². The Morgan fingerprint density at radius 2 is 1.90 bits per heavy atom. The van der Waals surface area contributed by atoms with Crippen LogP contribution in [0, 0.1) is 5.92 Å². The topological polar surface area (TPSA) is 55.1 Å². The van der Waals surface area contributed by atoms with Gasteiger partial charge in [0.1, 0.15) is 0 Å². The fraction of sp³-hybridized carbons (Fsp3) is 0.417. The summed E-state index contributed by atoms with van der Waals surface area (Å²) in [6, 6.07) is 2.38. The predicted molar refractivity (Wildman–Crippen MR) is 75.1 cm³/mol. The molecule has 1 rings (SSSR count). The minimum Gasteiger partial charge on any atom is -0.325 e. The molecule has 0 saturated heterocycles. The summed E-state index contributed by atoms with van der Waals surface area (Å²) < 4.78 is 37.9. The third kappa shape index (κ3) is 4.85. The summed E-state index contributed by atoms with van der Waals surface area (Å²) in [5.41, 5.74) is 4.62. The standard InChI is InChI=1S/C12H14ClF3N2O.ClH/c1-6(2)10(17)11(19)18-7-3-4-9(13)8(5-7)12(14,15)16;/h3-6,10H,17H2,1-2H3,(H,18,19);1H/t10-;/m1./s1. The zero-order valence-corrected chi connectivity index (χ0v) is 12.4. The van der Waals surface area contributed by atoms with E-state index in [1.165, 1.54) is 6.07 Å². The second kappa shape index (κ2) is 7.15. The summed E-state index contributed by atoms with van der Waals surface area (Å²) in [5, 5.41) is 1.92. The molecule has 20 heavy (non-hydrogen) atoms. The first-order valence-electron chi connectivity index (χ1n) is 5.56. The fourth-order valence-corrected chi connectivity index (χ4v) is 1.57. The van der Waals surface area contributed by atoms with E-state index in [0.29, 0.717) is 0 Å². The third-order valence-electron chi connectivity index (χ3n) is 2.56. The molecule has 1 aromatic carbocycles. The number of halogens is 5. The molecular weight excluding hydrogens is 316 g/mol. The molecule has 0 aliphatic carbocycles. The first kappa shape index (κ1) is 19.0. The summed E-state index contributed by atoms with van der Waals surface area (Å²) in [4.78, 5) is 11.6. The van der Waals surface area contributed by atoms with Gasteiger partial charge in [0.2, 0.25) is 5.91 Å². The van der Waals surface area contributed by atoms with Crippen LogP contribution < -0.4 is 11.1 Å². The molecule has 0 heterocycles. The van der Waals surface area contributed by atoms with Crippen LogP contribution in [0.1, 0.15) is 19.4 Å². The number of anilines is 1. The largest absolute Gasteiger partial charge is 0.417 e. The number of rotatable bonds is 3. The molecule has 0 unspecified atom stereocenters. The van der Waals surface area contributed by atoms with Gasteiger partial charge in [0.25, 0.3) is 0 Å². The van der Waals surface area contributed by atoms with Crippen LogP contribution in [0.5, 0.6) is 0 Å². The van der Waals surface area contributed by atoms with E-state index in [4.69, 9.17) is 17.3 Å². The average molecular weight is 331 g/mol. The molecule has 114 valence electrons. The molecule has 0 aromatic heterocycles. The highest BCUT2D eigenvalue weighted by Gasteiger charge is 2.33. The quantitative estimate of drug-likeness (QED) is 0.887. The Kier molecular flexibility index (Phi) is 6.80. The van der Waals surface area contributed by atoms with Crippen molar-refractivity contribution in [1.29, 1.82) is 0 Å². The summed E-state index contributed by atoms with van der Waals surface area (Å²) in [6.45, 7) is 3.49. The Balaban J connectivity index is 0.00000361. The number of carbonyl (C=O) groups is 1. The highest BCUT2D eigenvalue weighted by atomic mass is 35.5. The Morgan fingerprint density at radius 1 is 1.35 bits per heavy atom. The number of carbonyl (C=O) groups excluding carboxylic acids is 1. The van der Waals surface area contributed by atoms with Gasteiger partial charge >= 0.3 is 6.18 Å². The maximum Gasteiger partial charge on any atom is 0.417 e. The van der Waals surface area contributed by atoms with Crippen LogP contribution in [0.25, 0.3) is 0 Å². The van der Waals surface area contributed by atoms with Crippen molar-refractivity contribution >= 4 is 35.6 Å². The van der Waals surface area contributed by atoms with E-state index in [1.807, 2.05) is 0 Å². The molecule has 0 saturated carbocycles. The summed E-state index contributed by atoms with van der Waals surface area (Å²) in [7, 11) is 0. The van der Waals surface area contributed by atoms with Crippen LogP contribution in [0.15, 0.2) is 18.2 Å². The van der Waals surface area contributed by atoms with Gasteiger partial charge in [-0.3, -0.25) is 4.79 Å². The van der Waals surface area contributed by atoms with Gasteiger partial charge in [-0.25, -0.2) is 0 Å². The maximum absolute atomic E-state index is 12.6. The van der Waals surface area contributed by atoms with Gasteiger partial charge < -0.3 is 11.1 Å². The van der Waals surface area contributed by atoms with Crippen molar-refractivity contribution in [3.05, 3.63) is 28.8 Å². The molecule has 1 amide bonds. The lowest BCUT2D eigenvalue weighted by Gasteiger charge is -2.16. The number of hydrogen-bond acceptors (Lipinski definition) is 2. The van der Waals surface area contributed by atoms with E-state index in [-0.39, 0.29) is 24.0 Å². The molecule has 0 aliphatic rings. The Labute approximate surface area is 126 Å². The molecular formula is C12H15Cl2F3N2O. The van der Waals surface area contributed by atoms with Gasteiger partial charge in [-0.2, -0.15) is 13.2 Å². The average Bonchev–Trinajstić information content (AvgIpc) is 2.28. The third-order valence-corrected chi connectivity index (χ3v) is 2.89. The summed E-state index contributed by atoms with van der Waals surface area (Å²) in [5.74, 6) is -0.653. The first-order valence-corrected chi connectivity index (χ1v) is 5.94. The minimum absolute atomic E-state index is 0. The number of nitrogens with one attached hydrogen (secondary N) is 1. The van der Waals surface area contributed by atoms with Crippen molar-refractivity contribution in [3.8, 4) is 0 Å². The molecule has 0 bridgehead atoms. The van der Waals surface area contributed by atoms with Crippen molar-refractivity contribution in [3.63, 3.8) is 0 Å². The van der Waals surface area contributed by atoms with Crippen molar-refractivity contribution in [1.82, 2.24) is 0 Å². The van der Waals surface area contributed by atoms with E-state index >= 15 is 0 Å². The molecule has 0 fully saturated rings. The number of amides is 1. The zero-order valence-electron chi connectivity index (χ0n) is 10.8. The smallest absolute Gasteiger partial charge is 0.325 e. The minimum atomic E-state index is -4.57. The fourth-order valence-electron chi connectivity index (χ4n) is 1.35. The van der Waals surface area contributed by atoms with Crippen LogP contribution in [0.2, 0.25) is 5.02 Å². The van der Waals surface area contributed by atoms with E-state index in [2.05, 4.69) is 5.32 Å². The van der Waals surface area contributed by atoms with Crippen LogP contribution >= 0.6 is 24.0 Å². The molecule has 0 spiro atoms.